The molecule has 0 spiro atoms. The van der Waals surface area contributed by atoms with Gasteiger partial charge in [0.05, 0.1) is 11.4 Å². The molecular weight excluding hydrogens is 447 g/mol. The lowest BCUT2D eigenvalue weighted by atomic mass is 10.1. The highest BCUT2D eigenvalue weighted by Crippen LogP contribution is 2.17. The van der Waals surface area contributed by atoms with Crippen LogP contribution in [0.25, 0.3) is 0 Å². The van der Waals surface area contributed by atoms with E-state index in [4.69, 9.17) is 0 Å². The number of hydrogen-bond donors (Lipinski definition) is 4. The van der Waals surface area contributed by atoms with E-state index < -0.39 is 27.7 Å². The Morgan fingerprint density at radius 2 is 1.55 bits per heavy atom. The van der Waals surface area contributed by atoms with Crippen LogP contribution in [-0.4, -0.2) is 26.8 Å². The van der Waals surface area contributed by atoms with Crippen molar-refractivity contribution in [3.63, 3.8) is 0 Å². The van der Waals surface area contributed by atoms with Crippen molar-refractivity contribution in [1.29, 1.82) is 0 Å². The first-order chi connectivity index (χ1) is 15.6. The number of amides is 2. The molecule has 0 fully saturated rings. The van der Waals surface area contributed by atoms with E-state index in [0.29, 0.717) is 0 Å². The summed E-state index contributed by atoms with van der Waals surface area (Å²) in [5.74, 6) is -1.55. The van der Waals surface area contributed by atoms with Gasteiger partial charge in [0.1, 0.15) is 5.82 Å². The molecule has 10 heteroatoms. The molecule has 0 aromatic heterocycles. The average Bonchev–Trinajstić information content (AvgIpc) is 2.77. The number of carbonyl (C=O) groups excluding carboxylic acids is 2. The molecule has 0 radical (unpaired) electrons. The van der Waals surface area contributed by atoms with Crippen molar-refractivity contribution in [3.8, 4) is 0 Å². The first kappa shape index (κ1) is 23.7. The summed E-state index contributed by atoms with van der Waals surface area (Å²) < 4.78 is 40.0. The van der Waals surface area contributed by atoms with Crippen LogP contribution in [-0.2, 0) is 14.8 Å². The summed E-state index contributed by atoms with van der Waals surface area (Å²) in [4.78, 5) is 24.2. The molecule has 3 aromatic carbocycles. The van der Waals surface area contributed by atoms with Crippen molar-refractivity contribution in [1.82, 2.24) is 10.9 Å². The van der Waals surface area contributed by atoms with Gasteiger partial charge in [0.2, 0.25) is 0 Å². The van der Waals surface area contributed by atoms with Gasteiger partial charge in [-0.3, -0.25) is 25.2 Å². The number of hydrogen-bond acceptors (Lipinski definition) is 5. The number of rotatable bonds is 7. The van der Waals surface area contributed by atoms with E-state index in [1.54, 1.807) is 0 Å². The summed E-state index contributed by atoms with van der Waals surface area (Å²) in [5, 5.41) is 3.00. The molecule has 0 saturated carbocycles. The summed E-state index contributed by atoms with van der Waals surface area (Å²) in [6, 6.07) is 15.8. The van der Waals surface area contributed by atoms with E-state index >= 15 is 0 Å². The molecule has 0 aliphatic heterocycles. The predicted molar refractivity (Wildman–Crippen MR) is 124 cm³/mol. The highest BCUT2D eigenvalue weighted by atomic mass is 32.2. The second-order valence-corrected chi connectivity index (χ2v) is 8.99. The predicted octanol–water partition coefficient (Wildman–Crippen LogP) is 3.12. The topological polar surface area (TPSA) is 116 Å². The van der Waals surface area contributed by atoms with Crippen molar-refractivity contribution < 1.29 is 22.4 Å². The average molecular weight is 471 g/mol. The van der Waals surface area contributed by atoms with Gasteiger partial charge in [-0.2, -0.15) is 0 Å². The zero-order valence-corrected chi connectivity index (χ0v) is 18.8. The maximum absolute atomic E-state index is 13.0. The number of nitrogens with one attached hydrogen (secondary N) is 4. The number of anilines is 2. The molecule has 0 heterocycles. The molecule has 0 saturated heterocycles. The number of hydrazine groups is 1. The normalized spacial score (nSPS) is 10.9. The molecule has 0 atom stereocenters. The first-order valence-electron chi connectivity index (χ1n) is 9.93. The van der Waals surface area contributed by atoms with Crippen molar-refractivity contribution in [2.75, 3.05) is 16.6 Å². The molecule has 0 aliphatic carbocycles. The van der Waals surface area contributed by atoms with Gasteiger partial charge in [-0.15, -0.1) is 0 Å². The third-order valence-corrected chi connectivity index (χ3v) is 6.06. The second-order valence-electron chi connectivity index (χ2n) is 7.31. The lowest BCUT2D eigenvalue weighted by Crippen LogP contribution is -2.44. The van der Waals surface area contributed by atoms with Gasteiger partial charge in [-0.05, 0) is 74.0 Å². The zero-order chi connectivity index (χ0) is 24.0. The summed E-state index contributed by atoms with van der Waals surface area (Å²) in [5.41, 5.74) is 7.99. The number of benzene rings is 3. The standard InChI is InChI=1S/C23H23FN4O4S/c1-15-3-12-21(16(2)13-15)25-14-22(29)26-27-23(30)17-4-8-19(9-5-17)28-33(31,32)20-10-6-18(24)7-11-20/h3-13,25,28H,14H2,1-2H3,(H,26,29)(H,27,30). The second kappa shape index (κ2) is 10.1. The Morgan fingerprint density at radius 1 is 0.879 bits per heavy atom. The van der Waals surface area contributed by atoms with Crippen molar-refractivity contribution in [3.05, 3.63) is 89.2 Å². The molecular formula is C23H23FN4O4S. The van der Waals surface area contributed by atoms with Crippen LogP contribution in [0.4, 0.5) is 15.8 Å². The van der Waals surface area contributed by atoms with Crippen LogP contribution in [0, 0.1) is 19.7 Å². The van der Waals surface area contributed by atoms with Gasteiger partial charge in [-0.1, -0.05) is 17.7 Å². The molecule has 8 nitrogen and oxygen atoms in total. The smallest absolute Gasteiger partial charge is 0.269 e. The van der Waals surface area contributed by atoms with Gasteiger partial charge in [0, 0.05) is 16.9 Å². The molecule has 2 amide bonds. The van der Waals surface area contributed by atoms with E-state index in [1.165, 1.54) is 24.3 Å². The lowest BCUT2D eigenvalue weighted by Gasteiger charge is -2.12. The monoisotopic (exact) mass is 470 g/mol. The fraction of sp³-hybridized carbons (Fsp3) is 0.130. The largest absolute Gasteiger partial charge is 0.376 e. The van der Waals surface area contributed by atoms with E-state index in [2.05, 4.69) is 20.9 Å². The Morgan fingerprint density at radius 3 is 2.18 bits per heavy atom. The van der Waals surface area contributed by atoms with Gasteiger partial charge < -0.3 is 5.32 Å². The summed E-state index contributed by atoms with van der Waals surface area (Å²) >= 11 is 0. The van der Waals surface area contributed by atoms with E-state index in [1.807, 2.05) is 32.0 Å². The number of halogens is 1. The van der Waals surface area contributed by atoms with Crippen LogP contribution >= 0.6 is 0 Å². The molecule has 0 bridgehead atoms. The van der Waals surface area contributed by atoms with E-state index in [-0.39, 0.29) is 22.7 Å². The van der Waals surface area contributed by atoms with Crippen molar-refractivity contribution in [2.45, 2.75) is 18.7 Å². The van der Waals surface area contributed by atoms with Crippen LogP contribution in [0.1, 0.15) is 21.5 Å². The molecule has 3 rings (SSSR count). The summed E-state index contributed by atoms with van der Waals surface area (Å²) in [7, 11) is -3.90. The third kappa shape index (κ3) is 6.53. The summed E-state index contributed by atoms with van der Waals surface area (Å²) in [6.45, 7) is 3.87. The highest BCUT2D eigenvalue weighted by Gasteiger charge is 2.15. The molecule has 3 aromatic rings. The SMILES string of the molecule is Cc1ccc(NCC(=O)NNC(=O)c2ccc(NS(=O)(=O)c3ccc(F)cc3)cc2)c(C)c1. The van der Waals surface area contributed by atoms with Crippen LogP contribution in [0.2, 0.25) is 0 Å². The molecule has 172 valence electrons. The Bertz CT molecular complexity index is 1260. The Hall–Kier alpha value is -3.92. The van der Waals surface area contributed by atoms with Crippen LogP contribution < -0.4 is 20.9 Å². The van der Waals surface area contributed by atoms with Crippen molar-refractivity contribution in [2.24, 2.45) is 0 Å². The third-order valence-electron chi connectivity index (χ3n) is 4.66. The quantitative estimate of drug-likeness (QED) is 0.396. The van der Waals surface area contributed by atoms with Crippen LogP contribution in [0.3, 0.4) is 0 Å². The molecule has 0 unspecified atom stereocenters. The number of sulfonamides is 1. The molecule has 4 N–H and O–H groups in total. The Labute approximate surface area is 191 Å². The molecule has 0 aliphatic rings. The Balaban J connectivity index is 1.51. The number of carbonyl (C=O) groups is 2. The lowest BCUT2D eigenvalue weighted by molar-refractivity contribution is -0.120. The molecule has 33 heavy (non-hydrogen) atoms. The number of aryl methyl sites for hydroxylation is 2. The van der Waals surface area contributed by atoms with Gasteiger partial charge >= 0.3 is 0 Å². The first-order valence-corrected chi connectivity index (χ1v) is 11.4. The minimum Gasteiger partial charge on any atom is -0.376 e. The fourth-order valence-corrected chi connectivity index (χ4v) is 4.01. The van der Waals surface area contributed by atoms with E-state index in [9.17, 15) is 22.4 Å². The van der Waals surface area contributed by atoms with E-state index in [0.717, 1.165) is 41.1 Å². The Kier molecular flexibility index (Phi) is 7.29. The van der Waals surface area contributed by atoms with Gasteiger partial charge in [0.15, 0.2) is 0 Å². The zero-order valence-electron chi connectivity index (χ0n) is 18.0. The van der Waals surface area contributed by atoms with Crippen LogP contribution in [0.15, 0.2) is 71.6 Å². The summed E-state index contributed by atoms with van der Waals surface area (Å²) in [6.07, 6.45) is 0. The fourth-order valence-electron chi connectivity index (χ4n) is 2.95. The highest BCUT2D eigenvalue weighted by molar-refractivity contribution is 7.92. The van der Waals surface area contributed by atoms with Crippen molar-refractivity contribution >= 4 is 33.2 Å². The maximum atomic E-state index is 13.0. The minimum atomic E-state index is -3.90. The van der Waals surface area contributed by atoms with Crippen LogP contribution in [0.5, 0.6) is 0 Å². The van der Waals surface area contributed by atoms with Gasteiger partial charge in [-0.25, -0.2) is 12.8 Å². The van der Waals surface area contributed by atoms with Gasteiger partial charge in [0.25, 0.3) is 21.8 Å². The maximum Gasteiger partial charge on any atom is 0.269 e. The minimum absolute atomic E-state index is 0.0334.